The van der Waals surface area contributed by atoms with Crippen molar-refractivity contribution in [2.45, 2.75) is 5.41 Å². The highest BCUT2D eigenvalue weighted by molar-refractivity contribution is 5.92. The van der Waals surface area contributed by atoms with Crippen molar-refractivity contribution < 1.29 is 9.47 Å². The van der Waals surface area contributed by atoms with Crippen molar-refractivity contribution in [2.75, 3.05) is 0 Å². The molecule has 2 aliphatic rings. The van der Waals surface area contributed by atoms with E-state index in [0.717, 1.165) is 55.9 Å². The molecule has 0 amide bonds. The summed E-state index contributed by atoms with van der Waals surface area (Å²) in [5.41, 5.74) is 15.5. The van der Waals surface area contributed by atoms with Crippen LogP contribution in [0.15, 0.2) is 231 Å². The van der Waals surface area contributed by atoms with Gasteiger partial charge in [-0.3, -0.25) is 0 Å². The third-order valence-electron chi connectivity index (χ3n) is 12.5. The van der Waals surface area contributed by atoms with E-state index in [9.17, 15) is 0 Å². The van der Waals surface area contributed by atoms with Crippen LogP contribution < -0.4 is 9.47 Å². The summed E-state index contributed by atoms with van der Waals surface area (Å²) < 4.78 is 13.8. The fourth-order valence-electron chi connectivity index (χ4n) is 9.50. The van der Waals surface area contributed by atoms with Gasteiger partial charge in [-0.2, -0.15) is 0 Å². The van der Waals surface area contributed by atoms with Gasteiger partial charge in [-0.1, -0.05) is 200 Å². The normalized spacial score (nSPS) is 12.8. The molecule has 0 spiro atoms. The molecule has 0 atom stereocenters. The maximum Gasteiger partial charge on any atom is 0.178 e. The van der Waals surface area contributed by atoms with Crippen molar-refractivity contribution in [3.05, 3.63) is 253 Å². The summed E-state index contributed by atoms with van der Waals surface area (Å²) in [7, 11) is 0. The Bertz CT molecular complexity index is 3160. The van der Waals surface area contributed by atoms with Gasteiger partial charge in [0.1, 0.15) is 0 Å². The Morgan fingerprint density at radius 1 is 0.317 bits per heavy atom. The van der Waals surface area contributed by atoms with Crippen LogP contribution in [0.5, 0.6) is 23.0 Å². The molecule has 12 rings (SSSR count). The first-order valence-corrected chi connectivity index (χ1v) is 21.3. The molecular weight excluding hydrogens is 769 g/mol. The van der Waals surface area contributed by atoms with Gasteiger partial charge < -0.3 is 9.47 Å². The smallest absolute Gasteiger partial charge is 0.178 e. The number of aromatic nitrogens is 2. The van der Waals surface area contributed by atoms with Crippen molar-refractivity contribution in [3.8, 4) is 90.3 Å². The zero-order valence-electron chi connectivity index (χ0n) is 34.2. The SMILES string of the molecule is c1ccc(-c2ccc(-c3cc(-c4ccc(-c5ccccc5)cc4)nc(-c4ccc5c(c4)Oc4ccc6c(c4O5)-c4ccccc4C6(c4ccccc4)c4ccccc4)n3)cc2)cc1. The van der Waals surface area contributed by atoms with Gasteiger partial charge in [0.15, 0.2) is 28.8 Å². The average molecular weight is 807 g/mol. The molecular formula is C59H38N2O2. The van der Waals surface area contributed by atoms with Gasteiger partial charge >= 0.3 is 0 Å². The molecule has 1 aliphatic carbocycles. The minimum Gasteiger partial charge on any atom is -0.449 e. The maximum absolute atomic E-state index is 6.95. The van der Waals surface area contributed by atoms with Crippen LogP contribution in [0.1, 0.15) is 22.3 Å². The Kier molecular flexibility index (Phi) is 8.68. The van der Waals surface area contributed by atoms with E-state index in [1.54, 1.807) is 0 Å². The molecule has 1 aliphatic heterocycles. The largest absolute Gasteiger partial charge is 0.449 e. The summed E-state index contributed by atoms with van der Waals surface area (Å²) in [6.07, 6.45) is 0. The number of ether oxygens (including phenoxy) is 2. The number of fused-ring (bicyclic) bond motifs is 6. The zero-order valence-corrected chi connectivity index (χ0v) is 34.2. The summed E-state index contributed by atoms with van der Waals surface area (Å²) in [5.74, 6) is 3.22. The van der Waals surface area contributed by atoms with Crippen LogP contribution in [-0.2, 0) is 5.41 Å². The Morgan fingerprint density at radius 2 is 0.778 bits per heavy atom. The maximum atomic E-state index is 6.95. The van der Waals surface area contributed by atoms with Gasteiger partial charge in [0.25, 0.3) is 0 Å². The van der Waals surface area contributed by atoms with E-state index in [4.69, 9.17) is 19.4 Å². The van der Waals surface area contributed by atoms with E-state index < -0.39 is 5.41 Å². The topological polar surface area (TPSA) is 44.2 Å². The molecule has 4 heteroatoms. The van der Waals surface area contributed by atoms with Gasteiger partial charge in [-0.05, 0) is 80.4 Å². The summed E-state index contributed by atoms with van der Waals surface area (Å²) in [6, 6.07) is 80.7. The lowest BCUT2D eigenvalue weighted by molar-refractivity contribution is 0.360. The molecule has 0 radical (unpaired) electrons. The van der Waals surface area contributed by atoms with Crippen LogP contribution in [0.4, 0.5) is 0 Å². The van der Waals surface area contributed by atoms with Crippen LogP contribution in [0, 0.1) is 0 Å². The molecule has 63 heavy (non-hydrogen) atoms. The average Bonchev–Trinajstić information content (AvgIpc) is 3.68. The number of rotatable bonds is 7. The van der Waals surface area contributed by atoms with Crippen LogP contribution >= 0.6 is 0 Å². The van der Waals surface area contributed by atoms with Crippen molar-refractivity contribution >= 4 is 0 Å². The lowest BCUT2D eigenvalue weighted by atomic mass is 9.68. The number of nitrogens with zero attached hydrogens (tertiary/aromatic N) is 2. The number of hydrogen-bond acceptors (Lipinski definition) is 4. The molecule has 0 unspecified atom stereocenters. The molecule has 0 saturated heterocycles. The minimum atomic E-state index is -0.541. The zero-order chi connectivity index (χ0) is 41.7. The van der Waals surface area contributed by atoms with Crippen molar-refractivity contribution in [1.29, 1.82) is 0 Å². The molecule has 0 bridgehead atoms. The third-order valence-corrected chi connectivity index (χ3v) is 12.5. The van der Waals surface area contributed by atoms with E-state index in [0.29, 0.717) is 28.8 Å². The first-order chi connectivity index (χ1) is 31.2. The summed E-state index contributed by atoms with van der Waals surface area (Å²) in [6.45, 7) is 0. The second-order valence-electron chi connectivity index (χ2n) is 16.1. The number of hydrogen-bond donors (Lipinski definition) is 0. The van der Waals surface area contributed by atoms with Crippen LogP contribution in [0.2, 0.25) is 0 Å². The first-order valence-electron chi connectivity index (χ1n) is 21.3. The molecule has 2 heterocycles. The molecule has 4 nitrogen and oxygen atoms in total. The van der Waals surface area contributed by atoms with E-state index in [1.807, 2.05) is 30.3 Å². The van der Waals surface area contributed by atoms with Crippen molar-refractivity contribution in [1.82, 2.24) is 9.97 Å². The number of benzene rings is 9. The fraction of sp³-hybridized carbons (Fsp3) is 0.0169. The molecule has 1 aromatic heterocycles. The summed E-state index contributed by atoms with van der Waals surface area (Å²) in [4.78, 5) is 10.4. The molecule has 0 saturated carbocycles. The lowest BCUT2D eigenvalue weighted by Gasteiger charge is -2.34. The van der Waals surface area contributed by atoms with Gasteiger partial charge in [0.05, 0.1) is 16.8 Å². The van der Waals surface area contributed by atoms with E-state index in [-0.39, 0.29) is 0 Å². The predicted octanol–water partition coefficient (Wildman–Crippen LogP) is 15.1. The Labute approximate surface area is 366 Å². The van der Waals surface area contributed by atoms with E-state index >= 15 is 0 Å². The van der Waals surface area contributed by atoms with Crippen molar-refractivity contribution in [3.63, 3.8) is 0 Å². The highest BCUT2D eigenvalue weighted by atomic mass is 16.6. The molecule has 9 aromatic carbocycles. The second kappa shape index (κ2) is 15.0. The molecule has 0 N–H and O–H groups in total. The van der Waals surface area contributed by atoms with E-state index in [1.165, 1.54) is 27.8 Å². The van der Waals surface area contributed by atoms with Gasteiger partial charge in [0, 0.05) is 22.3 Å². The summed E-state index contributed by atoms with van der Waals surface area (Å²) in [5, 5.41) is 0. The van der Waals surface area contributed by atoms with Gasteiger partial charge in [-0.25, -0.2) is 9.97 Å². The van der Waals surface area contributed by atoms with Gasteiger partial charge in [0.2, 0.25) is 0 Å². The van der Waals surface area contributed by atoms with Crippen LogP contribution in [-0.4, -0.2) is 9.97 Å². The molecule has 10 aromatic rings. The van der Waals surface area contributed by atoms with Crippen LogP contribution in [0.3, 0.4) is 0 Å². The lowest BCUT2D eigenvalue weighted by Crippen LogP contribution is -2.28. The fourth-order valence-corrected chi connectivity index (χ4v) is 9.50. The second-order valence-corrected chi connectivity index (χ2v) is 16.1. The van der Waals surface area contributed by atoms with Gasteiger partial charge in [-0.15, -0.1) is 0 Å². The highest BCUT2D eigenvalue weighted by Crippen LogP contribution is 2.62. The first kappa shape index (κ1) is 36.5. The third kappa shape index (κ3) is 6.14. The molecule has 0 fully saturated rings. The highest BCUT2D eigenvalue weighted by Gasteiger charge is 2.48. The van der Waals surface area contributed by atoms with Crippen molar-refractivity contribution in [2.24, 2.45) is 0 Å². The Balaban J connectivity index is 0.949. The standard InChI is InChI=1S/C59H38N2O2/c1-5-15-39(16-6-1)41-25-29-43(30-26-41)51-38-52(44-31-27-42(28-32-44)40-17-7-2-8-18-40)61-58(60-51)45-33-35-53-55(37-45)62-54-36-34-50-56(57(54)63-53)48-23-13-14-24-49(48)59(50,46-19-9-3-10-20-46)47-21-11-4-12-22-47/h1-38H. The summed E-state index contributed by atoms with van der Waals surface area (Å²) >= 11 is 0. The monoisotopic (exact) mass is 806 g/mol. The Morgan fingerprint density at radius 3 is 1.35 bits per heavy atom. The van der Waals surface area contributed by atoms with E-state index in [2.05, 4.69) is 200 Å². The Hall–Kier alpha value is -8.34. The predicted molar refractivity (Wildman–Crippen MR) is 253 cm³/mol. The quantitative estimate of drug-likeness (QED) is 0.161. The van der Waals surface area contributed by atoms with Crippen LogP contribution in [0.25, 0.3) is 67.3 Å². The minimum absolute atomic E-state index is 0.541. The molecule has 296 valence electrons.